The maximum atomic E-state index is 13.8. The third kappa shape index (κ3) is 4.70. The Balaban J connectivity index is 0.00000272. The lowest BCUT2D eigenvalue weighted by atomic mass is 9.90. The second-order valence-corrected chi connectivity index (χ2v) is 8.53. The number of piperazine rings is 1. The number of nitrogens with zero attached hydrogens (tertiary/aromatic N) is 2. The number of carbonyl (C=O) groups excluding carboxylic acids is 1. The molecule has 4 nitrogen and oxygen atoms in total. The van der Waals surface area contributed by atoms with Gasteiger partial charge in [-0.1, -0.05) is 11.6 Å². The summed E-state index contributed by atoms with van der Waals surface area (Å²) in [5.41, 5.74) is 0.973. The zero-order valence-corrected chi connectivity index (χ0v) is 18.6. The van der Waals surface area contributed by atoms with E-state index < -0.39 is 23.0 Å². The number of carbonyl (C=O) groups is 1. The van der Waals surface area contributed by atoms with E-state index in [9.17, 15) is 18.0 Å². The molecule has 0 spiro atoms. The van der Waals surface area contributed by atoms with Crippen molar-refractivity contribution < 1.29 is 18.0 Å². The molecule has 0 bridgehead atoms. The van der Waals surface area contributed by atoms with Crippen molar-refractivity contribution in [2.45, 2.75) is 24.9 Å². The van der Waals surface area contributed by atoms with Crippen LogP contribution in [-0.4, -0.2) is 54.5 Å². The van der Waals surface area contributed by atoms with Crippen LogP contribution < -0.4 is 5.32 Å². The minimum absolute atomic E-state index is 0. The Bertz CT molecular complexity index is 931. The van der Waals surface area contributed by atoms with E-state index >= 15 is 0 Å². The minimum Gasteiger partial charge on any atom is -0.340 e. The first-order chi connectivity index (χ1) is 14.3. The molecular weight excluding hydrogens is 450 g/mol. The summed E-state index contributed by atoms with van der Waals surface area (Å²) in [6.45, 7) is 2.96. The first kappa shape index (κ1) is 23.9. The topological polar surface area (TPSA) is 35.6 Å². The molecule has 2 aliphatic rings. The molecule has 0 unspecified atom stereocenters. The molecule has 9 heteroatoms. The van der Waals surface area contributed by atoms with E-state index in [2.05, 4.69) is 10.2 Å². The van der Waals surface area contributed by atoms with Gasteiger partial charge in [0.15, 0.2) is 11.6 Å². The van der Waals surface area contributed by atoms with E-state index in [0.717, 1.165) is 13.1 Å². The second-order valence-electron chi connectivity index (χ2n) is 8.10. The smallest absolute Gasteiger partial charge is 0.243 e. The van der Waals surface area contributed by atoms with Gasteiger partial charge in [0, 0.05) is 57.6 Å². The molecule has 0 radical (unpaired) electrons. The summed E-state index contributed by atoms with van der Waals surface area (Å²) in [4.78, 5) is 17.4. The summed E-state index contributed by atoms with van der Waals surface area (Å²) in [5, 5.41) is 3.54. The van der Waals surface area contributed by atoms with Crippen molar-refractivity contribution in [2.24, 2.45) is 0 Å². The van der Waals surface area contributed by atoms with Crippen LogP contribution in [0.5, 0.6) is 0 Å². The molecule has 0 aromatic heterocycles. The number of nitrogens with one attached hydrogen (secondary N) is 1. The SMILES string of the molecule is CN(Cc1cc(F)cc(Cl)c1)C(=O)C1(N2CCNCC2)Cc2cc(F)c(F)cc2C1.Cl. The lowest BCUT2D eigenvalue weighted by Gasteiger charge is -2.44. The van der Waals surface area contributed by atoms with Crippen molar-refractivity contribution in [3.05, 3.63) is 69.5 Å². The number of fused-ring (bicyclic) bond motifs is 1. The van der Waals surface area contributed by atoms with Crippen LogP contribution in [0.3, 0.4) is 0 Å². The molecule has 2 aromatic rings. The maximum Gasteiger partial charge on any atom is 0.243 e. The molecule has 1 saturated heterocycles. The first-order valence-corrected chi connectivity index (χ1v) is 10.3. The molecule has 1 aliphatic heterocycles. The van der Waals surface area contributed by atoms with Gasteiger partial charge in [0.25, 0.3) is 0 Å². The van der Waals surface area contributed by atoms with Crippen LogP contribution in [0.25, 0.3) is 0 Å². The zero-order chi connectivity index (χ0) is 21.5. The third-order valence-corrected chi connectivity index (χ3v) is 6.24. The standard InChI is InChI=1S/C22H23ClF3N3O.ClH/c1-28(13-14-6-17(23)10-18(24)7-14)21(30)22(29-4-2-27-3-5-29)11-15-8-19(25)20(26)9-16(15)12-22;/h6-10,27H,2-5,11-13H2,1H3;1H. The quantitative estimate of drug-likeness (QED) is 0.736. The summed E-state index contributed by atoms with van der Waals surface area (Å²) >= 11 is 5.95. The van der Waals surface area contributed by atoms with Crippen molar-refractivity contribution in [3.8, 4) is 0 Å². The normalized spacial score (nSPS) is 17.7. The van der Waals surface area contributed by atoms with Gasteiger partial charge in [-0.2, -0.15) is 0 Å². The third-order valence-electron chi connectivity index (χ3n) is 6.02. The summed E-state index contributed by atoms with van der Waals surface area (Å²) < 4.78 is 41.4. The number of amides is 1. The molecule has 0 saturated carbocycles. The number of hydrogen-bond donors (Lipinski definition) is 1. The molecule has 1 fully saturated rings. The Hall–Kier alpha value is -1.80. The fraction of sp³-hybridized carbons (Fsp3) is 0.409. The number of rotatable bonds is 4. The number of hydrogen-bond acceptors (Lipinski definition) is 3. The van der Waals surface area contributed by atoms with Crippen LogP contribution >= 0.6 is 24.0 Å². The van der Waals surface area contributed by atoms with Crippen molar-refractivity contribution in [1.82, 2.24) is 15.1 Å². The van der Waals surface area contributed by atoms with E-state index in [1.807, 2.05) is 0 Å². The lowest BCUT2D eigenvalue weighted by Crippen LogP contribution is -2.63. The zero-order valence-electron chi connectivity index (χ0n) is 17.1. The van der Waals surface area contributed by atoms with E-state index in [-0.39, 0.29) is 29.9 Å². The molecular formula is C22H24Cl2F3N3O. The van der Waals surface area contributed by atoms with Crippen LogP contribution in [0.15, 0.2) is 30.3 Å². The molecule has 0 atom stereocenters. The largest absolute Gasteiger partial charge is 0.340 e. The summed E-state index contributed by atoms with van der Waals surface area (Å²) in [6.07, 6.45) is 0.624. The minimum atomic E-state index is -0.920. The van der Waals surface area contributed by atoms with Crippen molar-refractivity contribution in [3.63, 3.8) is 0 Å². The molecule has 168 valence electrons. The Morgan fingerprint density at radius 1 is 1.06 bits per heavy atom. The van der Waals surface area contributed by atoms with Crippen LogP contribution in [-0.2, 0) is 24.2 Å². The average molecular weight is 474 g/mol. The van der Waals surface area contributed by atoms with Gasteiger partial charge in [-0.05, 0) is 47.0 Å². The van der Waals surface area contributed by atoms with Gasteiger partial charge >= 0.3 is 0 Å². The fourth-order valence-electron chi connectivity index (χ4n) is 4.66. The number of benzene rings is 2. The van der Waals surface area contributed by atoms with Crippen LogP contribution in [0.1, 0.15) is 16.7 Å². The highest BCUT2D eigenvalue weighted by atomic mass is 35.5. The average Bonchev–Trinajstić information content (AvgIpc) is 3.07. The fourth-order valence-corrected chi connectivity index (χ4v) is 4.90. The predicted octanol–water partition coefficient (Wildman–Crippen LogP) is 3.58. The van der Waals surface area contributed by atoms with E-state index in [0.29, 0.717) is 42.6 Å². The summed E-state index contributed by atoms with van der Waals surface area (Å²) in [6, 6.07) is 6.59. The summed E-state index contributed by atoms with van der Waals surface area (Å²) in [5.74, 6) is -2.42. The Morgan fingerprint density at radius 3 is 2.19 bits per heavy atom. The molecule has 2 aromatic carbocycles. The van der Waals surface area contributed by atoms with E-state index in [4.69, 9.17) is 11.6 Å². The highest BCUT2D eigenvalue weighted by molar-refractivity contribution is 6.30. The van der Waals surface area contributed by atoms with E-state index in [1.165, 1.54) is 24.3 Å². The van der Waals surface area contributed by atoms with Gasteiger partial charge in [-0.15, -0.1) is 12.4 Å². The Labute approximate surface area is 190 Å². The van der Waals surface area contributed by atoms with Crippen LogP contribution in [0, 0.1) is 17.5 Å². The molecule has 31 heavy (non-hydrogen) atoms. The Morgan fingerprint density at radius 2 is 1.65 bits per heavy atom. The van der Waals surface area contributed by atoms with Crippen LogP contribution in [0.2, 0.25) is 5.02 Å². The van der Waals surface area contributed by atoms with E-state index in [1.54, 1.807) is 18.0 Å². The van der Waals surface area contributed by atoms with Crippen molar-refractivity contribution in [2.75, 3.05) is 33.2 Å². The highest BCUT2D eigenvalue weighted by Gasteiger charge is 2.50. The Kier molecular flexibility index (Phi) is 7.21. The van der Waals surface area contributed by atoms with Gasteiger partial charge in [-0.3, -0.25) is 9.69 Å². The highest BCUT2D eigenvalue weighted by Crippen LogP contribution is 2.37. The molecule has 1 amide bonds. The van der Waals surface area contributed by atoms with Gasteiger partial charge < -0.3 is 10.2 Å². The first-order valence-electron chi connectivity index (χ1n) is 9.91. The van der Waals surface area contributed by atoms with Gasteiger partial charge in [0.05, 0.1) is 0 Å². The second kappa shape index (κ2) is 9.36. The number of halogens is 5. The van der Waals surface area contributed by atoms with Crippen molar-refractivity contribution >= 4 is 29.9 Å². The van der Waals surface area contributed by atoms with Crippen molar-refractivity contribution in [1.29, 1.82) is 0 Å². The maximum absolute atomic E-state index is 13.8. The van der Waals surface area contributed by atoms with Gasteiger partial charge in [-0.25, -0.2) is 13.2 Å². The van der Waals surface area contributed by atoms with Crippen LogP contribution in [0.4, 0.5) is 13.2 Å². The summed E-state index contributed by atoms with van der Waals surface area (Å²) in [7, 11) is 1.66. The number of likely N-dealkylation sites (N-methyl/N-ethyl adjacent to an activating group) is 1. The predicted molar refractivity (Wildman–Crippen MR) is 116 cm³/mol. The molecule has 4 rings (SSSR count). The van der Waals surface area contributed by atoms with Gasteiger partial charge in [0.2, 0.25) is 5.91 Å². The monoisotopic (exact) mass is 473 g/mol. The lowest BCUT2D eigenvalue weighted by molar-refractivity contribution is -0.144. The molecule has 1 aliphatic carbocycles. The molecule has 1 heterocycles. The van der Waals surface area contributed by atoms with Gasteiger partial charge in [0.1, 0.15) is 11.4 Å². The molecule has 1 N–H and O–H groups in total.